The summed E-state index contributed by atoms with van der Waals surface area (Å²) in [6.45, 7) is 4.61. The van der Waals surface area contributed by atoms with E-state index < -0.39 is 0 Å². The van der Waals surface area contributed by atoms with E-state index in [-0.39, 0.29) is 24.0 Å². The van der Waals surface area contributed by atoms with Crippen molar-refractivity contribution < 1.29 is 4.74 Å². The number of benzene rings is 1. The first-order valence-corrected chi connectivity index (χ1v) is 8.90. The Bertz CT molecular complexity index is 471. The van der Waals surface area contributed by atoms with Gasteiger partial charge in [-0.15, -0.1) is 24.0 Å². The zero-order chi connectivity index (χ0) is 17.6. The fourth-order valence-electron chi connectivity index (χ4n) is 2.33. The highest BCUT2D eigenvalue weighted by molar-refractivity contribution is 14.0. The molecule has 0 radical (unpaired) electrons. The minimum atomic E-state index is 0. The normalized spacial score (nSPS) is 11.3. The number of hydrogen-bond acceptors (Lipinski definition) is 3. The average Bonchev–Trinajstić information content (AvgIpc) is 2.59. The molecule has 0 fully saturated rings. The number of aryl methyl sites for hydroxylation is 1. The molecule has 7 heteroatoms. The van der Waals surface area contributed by atoms with Crippen molar-refractivity contribution in [1.82, 2.24) is 15.5 Å². The molecule has 1 rings (SSSR count). The highest BCUT2D eigenvalue weighted by atomic mass is 127. The summed E-state index contributed by atoms with van der Waals surface area (Å²) in [6, 6.07) is 8.03. The predicted octanol–water partition coefficient (Wildman–Crippen LogP) is 3.02. The summed E-state index contributed by atoms with van der Waals surface area (Å²) in [6.07, 6.45) is 3.15. The quantitative estimate of drug-likeness (QED) is 0.220. The van der Waals surface area contributed by atoms with Gasteiger partial charge in [0, 0.05) is 52.0 Å². The molecule has 2 N–H and O–H groups in total. The highest BCUT2D eigenvalue weighted by Crippen LogP contribution is 2.10. The largest absolute Gasteiger partial charge is 0.385 e. The standard InChI is InChI=1S/C18H31ClN4O.HI/c1-20-18(22-12-14-23(2)13-5-15-24-3)21-11-4-6-16-7-9-17(19)10-8-16;/h7-10H,4-6,11-15H2,1-3H3,(H2,20,21,22);1H. The van der Waals surface area contributed by atoms with Crippen molar-refractivity contribution in [2.45, 2.75) is 19.3 Å². The fourth-order valence-corrected chi connectivity index (χ4v) is 2.45. The number of ether oxygens (including phenoxy) is 1. The number of rotatable bonds is 11. The lowest BCUT2D eigenvalue weighted by Crippen LogP contribution is -2.41. The van der Waals surface area contributed by atoms with E-state index in [4.69, 9.17) is 16.3 Å². The van der Waals surface area contributed by atoms with Crippen molar-refractivity contribution in [3.8, 4) is 0 Å². The summed E-state index contributed by atoms with van der Waals surface area (Å²) in [5.41, 5.74) is 1.31. The topological polar surface area (TPSA) is 48.9 Å². The summed E-state index contributed by atoms with van der Waals surface area (Å²) >= 11 is 5.89. The van der Waals surface area contributed by atoms with Gasteiger partial charge in [0.1, 0.15) is 0 Å². The SMILES string of the molecule is CN=C(NCCCc1ccc(Cl)cc1)NCCN(C)CCCOC.I. The molecule has 0 heterocycles. The first-order chi connectivity index (χ1) is 11.7. The van der Waals surface area contributed by atoms with Crippen molar-refractivity contribution in [1.29, 1.82) is 0 Å². The van der Waals surface area contributed by atoms with Crippen LogP contribution in [-0.2, 0) is 11.2 Å². The maximum absolute atomic E-state index is 5.89. The van der Waals surface area contributed by atoms with E-state index in [1.54, 1.807) is 14.2 Å². The Hall–Kier alpha value is -0.570. The van der Waals surface area contributed by atoms with Gasteiger partial charge in [-0.05, 0) is 44.0 Å². The van der Waals surface area contributed by atoms with Crippen LogP contribution in [0.3, 0.4) is 0 Å². The van der Waals surface area contributed by atoms with Crippen LogP contribution in [-0.4, -0.2) is 64.9 Å². The number of nitrogens with zero attached hydrogens (tertiary/aromatic N) is 2. The third kappa shape index (κ3) is 12.4. The zero-order valence-corrected chi connectivity index (χ0v) is 18.6. The molecule has 0 aliphatic carbocycles. The number of aliphatic imine (C=N–C) groups is 1. The summed E-state index contributed by atoms with van der Waals surface area (Å²) < 4.78 is 5.07. The van der Waals surface area contributed by atoms with Gasteiger partial charge in [-0.1, -0.05) is 23.7 Å². The van der Waals surface area contributed by atoms with Crippen LogP contribution in [0.25, 0.3) is 0 Å². The molecule has 0 unspecified atom stereocenters. The van der Waals surface area contributed by atoms with Gasteiger partial charge in [-0.2, -0.15) is 0 Å². The third-order valence-corrected chi connectivity index (χ3v) is 4.00. The molecule has 0 saturated heterocycles. The third-order valence-electron chi connectivity index (χ3n) is 3.75. The van der Waals surface area contributed by atoms with Crippen molar-refractivity contribution in [2.24, 2.45) is 4.99 Å². The summed E-state index contributed by atoms with van der Waals surface area (Å²) in [5.74, 6) is 0.858. The lowest BCUT2D eigenvalue weighted by molar-refractivity contribution is 0.180. The molecule has 5 nitrogen and oxygen atoms in total. The lowest BCUT2D eigenvalue weighted by Gasteiger charge is -2.18. The van der Waals surface area contributed by atoms with Crippen LogP contribution in [0.4, 0.5) is 0 Å². The molecule has 25 heavy (non-hydrogen) atoms. The van der Waals surface area contributed by atoms with Crippen molar-refractivity contribution >= 4 is 41.5 Å². The summed E-state index contributed by atoms with van der Waals surface area (Å²) in [7, 11) is 5.67. The Labute approximate surface area is 174 Å². The second kappa shape index (κ2) is 15.7. The number of guanidine groups is 1. The molecule has 0 aliphatic heterocycles. The molecule has 1 aromatic carbocycles. The predicted molar refractivity (Wildman–Crippen MR) is 119 cm³/mol. The van der Waals surface area contributed by atoms with E-state index in [1.165, 1.54) is 5.56 Å². The molecule has 0 spiro atoms. The first-order valence-electron chi connectivity index (χ1n) is 8.52. The van der Waals surface area contributed by atoms with Crippen LogP contribution < -0.4 is 10.6 Å². The Morgan fingerprint density at radius 1 is 1.12 bits per heavy atom. The Kier molecular flexibility index (Phi) is 15.3. The second-order valence-corrected chi connectivity index (χ2v) is 6.24. The van der Waals surface area contributed by atoms with Crippen molar-refractivity contribution in [3.63, 3.8) is 0 Å². The van der Waals surface area contributed by atoms with Crippen LogP contribution in [0.1, 0.15) is 18.4 Å². The van der Waals surface area contributed by atoms with Crippen molar-refractivity contribution in [3.05, 3.63) is 34.9 Å². The van der Waals surface area contributed by atoms with Crippen LogP contribution in [0.15, 0.2) is 29.3 Å². The van der Waals surface area contributed by atoms with Crippen LogP contribution in [0.2, 0.25) is 5.02 Å². The number of hydrogen-bond donors (Lipinski definition) is 2. The average molecular weight is 483 g/mol. The van der Waals surface area contributed by atoms with E-state index in [1.807, 2.05) is 12.1 Å². The minimum absolute atomic E-state index is 0. The van der Waals surface area contributed by atoms with Gasteiger partial charge >= 0.3 is 0 Å². The summed E-state index contributed by atoms with van der Waals surface area (Å²) in [5, 5.41) is 7.48. The van der Waals surface area contributed by atoms with Gasteiger partial charge in [-0.25, -0.2) is 0 Å². The van der Waals surface area contributed by atoms with Crippen LogP contribution >= 0.6 is 35.6 Å². The molecular weight excluding hydrogens is 451 g/mol. The fraction of sp³-hybridized carbons (Fsp3) is 0.611. The number of nitrogens with one attached hydrogen (secondary N) is 2. The molecule has 0 aliphatic rings. The van der Waals surface area contributed by atoms with Gasteiger partial charge in [-0.3, -0.25) is 4.99 Å². The molecule has 0 amide bonds. The van der Waals surface area contributed by atoms with E-state index >= 15 is 0 Å². The smallest absolute Gasteiger partial charge is 0.191 e. The van der Waals surface area contributed by atoms with Gasteiger partial charge in [0.05, 0.1) is 0 Å². The Morgan fingerprint density at radius 3 is 2.44 bits per heavy atom. The van der Waals surface area contributed by atoms with E-state index in [0.29, 0.717) is 0 Å². The van der Waals surface area contributed by atoms with E-state index in [2.05, 4.69) is 39.7 Å². The van der Waals surface area contributed by atoms with Crippen molar-refractivity contribution in [2.75, 3.05) is 54.0 Å². The molecule has 1 aromatic rings. The molecular formula is C18H32ClIN4O. The number of halogens is 2. The number of likely N-dealkylation sites (N-methyl/N-ethyl adjacent to an activating group) is 1. The second-order valence-electron chi connectivity index (χ2n) is 5.81. The van der Waals surface area contributed by atoms with Crippen LogP contribution in [0.5, 0.6) is 0 Å². The van der Waals surface area contributed by atoms with Gasteiger partial charge in [0.2, 0.25) is 0 Å². The van der Waals surface area contributed by atoms with Gasteiger partial charge < -0.3 is 20.3 Å². The maximum Gasteiger partial charge on any atom is 0.191 e. The maximum atomic E-state index is 5.89. The molecule has 0 saturated carbocycles. The molecule has 0 aromatic heterocycles. The summed E-state index contributed by atoms with van der Waals surface area (Å²) in [4.78, 5) is 6.55. The van der Waals surface area contributed by atoms with Gasteiger partial charge in [0.15, 0.2) is 5.96 Å². The van der Waals surface area contributed by atoms with Gasteiger partial charge in [0.25, 0.3) is 0 Å². The van der Waals surface area contributed by atoms with E-state index in [9.17, 15) is 0 Å². The molecule has 0 bridgehead atoms. The lowest BCUT2D eigenvalue weighted by atomic mass is 10.1. The van der Waals surface area contributed by atoms with Crippen LogP contribution in [0, 0.1) is 0 Å². The highest BCUT2D eigenvalue weighted by Gasteiger charge is 2.00. The first kappa shape index (κ1) is 24.4. The Morgan fingerprint density at radius 2 is 1.80 bits per heavy atom. The Balaban J connectivity index is 0.00000576. The molecule has 144 valence electrons. The molecule has 0 atom stereocenters. The van der Waals surface area contributed by atoms with E-state index in [0.717, 1.165) is 63.0 Å². The monoisotopic (exact) mass is 482 g/mol. The zero-order valence-electron chi connectivity index (χ0n) is 15.6. The minimum Gasteiger partial charge on any atom is -0.385 e. The number of methoxy groups -OCH3 is 1.